The number of hydrogen-bond donors (Lipinski definition) is 0. The Balaban J connectivity index is 1.10. The molecule has 3 heteroatoms. The predicted octanol–water partition coefficient (Wildman–Crippen LogP) is 12.9. The van der Waals surface area contributed by atoms with Crippen LogP contribution in [0.3, 0.4) is 0 Å². The predicted molar refractivity (Wildman–Crippen MR) is 242 cm³/mol. The third-order valence-corrected chi connectivity index (χ3v) is 14.8. The van der Waals surface area contributed by atoms with E-state index in [1.165, 1.54) is 66.1 Å². The van der Waals surface area contributed by atoms with Gasteiger partial charge in [-0.1, -0.05) is 195 Å². The van der Waals surface area contributed by atoms with Crippen LogP contribution in [-0.4, -0.2) is 18.0 Å². The van der Waals surface area contributed by atoms with Crippen LogP contribution in [-0.2, 0) is 0 Å². The maximum absolute atomic E-state index is 5.46. The molecule has 10 rings (SSSR count). The summed E-state index contributed by atoms with van der Waals surface area (Å²) in [6.45, 7) is 4.84. The SMILES string of the molecule is C[Si]1(C)c2ccccc2-c2c(-c3ccccc3)nc(-c3cccc(-c4cc(-c5ccc(-c6ccccc6)cc5)cc(-c5ccc(-c6ccccc6)cc5)c4)c3)nc21. The van der Waals surface area contributed by atoms with Crippen LogP contribution < -0.4 is 10.5 Å². The van der Waals surface area contributed by atoms with Crippen molar-refractivity contribution < 1.29 is 0 Å². The minimum Gasteiger partial charge on any atom is -0.237 e. The van der Waals surface area contributed by atoms with Crippen LogP contribution in [0.25, 0.3) is 89.4 Å². The molecule has 0 atom stereocenters. The molecule has 0 N–H and O–H groups in total. The second kappa shape index (κ2) is 14.3. The van der Waals surface area contributed by atoms with Crippen LogP contribution in [0.1, 0.15) is 0 Å². The van der Waals surface area contributed by atoms with Gasteiger partial charge >= 0.3 is 0 Å². The van der Waals surface area contributed by atoms with Crippen molar-refractivity contribution in [3.05, 3.63) is 206 Å². The van der Waals surface area contributed by atoms with E-state index in [2.05, 4.69) is 219 Å². The van der Waals surface area contributed by atoms with E-state index in [0.29, 0.717) is 0 Å². The fourth-order valence-corrected chi connectivity index (χ4v) is 11.3. The zero-order valence-corrected chi connectivity index (χ0v) is 33.0. The van der Waals surface area contributed by atoms with Crippen LogP contribution in [0.5, 0.6) is 0 Å². The summed E-state index contributed by atoms with van der Waals surface area (Å²) in [5.41, 5.74) is 17.4. The maximum Gasteiger partial charge on any atom is 0.159 e. The highest BCUT2D eigenvalue weighted by Crippen LogP contribution is 2.38. The van der Waals surface area contributed by atoms with Crippen LogP contribution in [0.15, 0.2) is 206 Å². The van der Waals surface area contributed by atoms with Gasteiger partial charge in [0.05, 0.1) is 5.69 Å². The average Bonchev–Trinajstić information content (AvgIpc) is 3.52. The quantitative estimate of drug-likeness (QED) is 0.152. The molecule has 270 valence electrons. The van der Waals surface area contributed by atoms with Gasteiger partial charge in [-0.3, -0.25) is 0 Å². The number of nitrogens with zero attached hydrogens (tertiary/aromatic N) is 2. The van der Waals surface area contributed by atoms with Crippen molar-refractivity contribution in [2.45, 2.75) is 13.1 Å². The lowest BCUT2D eigenvalue weighted by molar-refractivity contribution is 1.21. The molecule has 1 aromatic heterocycles. The molecule has 0 radical (unpaired) electrons. The fraction of sp³-hybridized carbons (Fsp3) is 0.0370. The first-order chi connectivity index (χ1) is 28.0. The van der Waals surface area contributed by atoms with Crippen molar-refractivity contribution in [1.82, 2.24) is 9.97 Å². The van der Waals surface area contributed by atoms with E-state index in [4.69, 9.17) is 9.97 Å². The van der Waals surface area contributed by atoms with E-state index in [-0.39, 0.29) is 0 Å². The summed E-state index contributed by atoms with van der Waals surface area (Å²) in [6.07, 6.45) is 0. The molecule has 1 aliphatic heterocycles. The Morgan fingerprint density at radius 1 is 0.316 bits per heavy atom. The van der Waals surface area contributed by atoms with Gasteiger partial charge in [-0.15, -0.1) is 0 Å². The molecule has 0 saturated heterocycles. The molecule has 57 heavy (non-hydrogen) atoms. The van der Waals surface area contributed by atoms with Gasteiger partial charge in [0.25, 0.3) is 0 Å². The molecule has 0 unspecified atom stereocenters. The molecule has 0 spiro atoms. The molecular formula is C54H40N2Si. The summed E-state index contributed by atoms with van der Waals surface area (Å²) >= 11 is 0. The van der Waals surface area contributed by atoms with Gasteiger partial charge in [-0.25, -0.2) is 9.97 Å². The molecular weight excluding hydrogens is 705 g/mol. The largest absolute Gasteiger partial charge is 0.237 e. The Bertz CT molecular complexity index is 2780. The third-order valence-electron chi connectivity index (χ3n) is 11.5. The number of aromatic nitrogens is 2. The Labute approximate surface area is 335 Å². The van der Waals surface area contributed by atoms with Gasteiger partial charge in [0, 0.05) is 22.0 Å². The summed E-state index contributed by atoms with van der Waals surface area (Å²) in [7, 11) is -2.08. The Morgan fingerprint density at radius 3 is 1.25 bits per heavy atom. The smallest absolute Gasteiger partial charge is 0.159 e. The first kappa shape index (κ1) is 34.5. The topological polar surface area (TPSA) is 25.8 Å². The van der Waals surface area contributed by atoms with E-state index in [9.17, 15) is 0 Å². The highest BCUT2D eigenvalue weighted by Gasteiger charge is 2.41. The van der Waals surface area contributed by atoms with E-state index in [1.54, 1.807) is 0 Å². The number of rotatable bonds is 7. The molecule has 0 fully saturated rings. The molecule has 0 bridgehead atoms. The van der Waals surface area contributed by atoms with Gasteiger partial charge in [-0.2, -0.15) is 0 Å². The zero-order chi connectivity index (χ0) is 38.3. The maximum atomic E-state index is 5.46. The average molecular weight is 745 g/mol. The Kier molecular flexibility index (Phi) is 8.66. The fourth-order valence-electron chi connectivity index (χ4n) is 8.41. The lowest BCUT2D eigenvalue weighted by atomic mass is 9.91. The van der Waals surface area contributed by atoms with Crippen molar-refractivity contribution in [3.8, 4) is 89.4 Å². The third kappa shape index (κ3) is 6.42. The first-order valence-corrected chi connectivity index (χ1v) is 22.6. The van der Waals surface area contributed by atoms with Crippen LogP contribution in [0.4, 0.5) is 0 Å². The van der Waals surface area contributed by atoms with E-state index in [0.717, 1.165) is 33.8 Å². The number of fused-ring (bicyclic) bond motifs is 3. The van der Waals surface area contributed by atoms with E-state index >= 15 is 0 Å². The van der Waals surface area contributed by atoms with Crippen LogP contribution in [0, 0.1) is 0 Å². The van der Waals surface area contributed by atoms with Gasteiger partial charge in [-0.05, 0) is 90.7 Å². The van der Waals surface area contributed by atoms with Crippen molar-refractivity contribution in [2.75, 3.05) is 0 Å². The molecule has 0 aliphatic carbocycles. The minimum absolute atomic E-state index is 0.771. The van der Waals surface area contributed by atoms with Gasteiger partial charge in [0.1, 0.15) is 8.07 Å². The molecule has 1 aliphatic rings. The summed E-state index contributed by atoms with van der Waals surface area (Å²) in [6, 6.07) is 74.2. The monoisotopic (exact) mass is 744 g/mol. The first-order valence-electron chi connectivity index (χ1n) is 19.6. The summed E-state index contributed by atoms with van der Waals surface area (Å²) in [5.74, 6) is 0.771. The zero-order valence-electron chi connectivity index (χ0n) is 32.0. The number of hydrogen-bond acceptors (Lipinski definition) is 2. The lowest BCUT2D eigenvalue weighted by Crippen LogP contribution is -2.50. The highest BCUT2D eigenvalue weighted by molar-refractivity contribution is 7.03. The van der Waals surface area contributed by atoms with Gasteiger partial charge in [0.15, 0.2) is 5.82 Å². The standard InChI is InChI=1S/C54H40N2Si/c1-57(2)50-24-13-12-23-49(50)51-52(43-19-10-5-11-20-43)55-53(56-54(51)57)45-22-14-21-44(33-45)48-35-46(41-29-25-39(26-30-41)37-15-6-3-7-16-37)34-47(36-48)42-31-27-40(28-32-42)38-17-8-4-9-18-38/h3-36H,1-2H3. The second-order valence-corrected chi connectivity index (χ2v) is 19.7. The normalized spacial score (nSPS) is 12.5. The molecule has 2 heterocycles. The van der Waals surface area contributed by atoms with Gasteiger partial charge < -0.3 is 0 Å². The lowest BCUT2D eigenvalue weighted by Gasteiger charge is -2.19. The van der Waals surface area contributed by atoms with Crippen LogP contribution >= 0.6 is 0 Å². The van der Waals surface area contributed by atoms with Crippen molar-refractivity contribution in [1.29, 1.82) is 0 Å². The van der Waals surface area contributed by atoms with E-state index in [1.807, 2.05) is 0 Å². The molecule has 2 nitrogen and oxygen atoms in total. The van der Waals surface area contributed by atoms with Crippen molar-refractivity contribution >= 4 is 18.6 Å². The molecule has 0 amide bonds. The molecule has 8 aromatic carbocycles. The van der Waals surface area contributed by atoms with Crippen LogP contribution in [0.2, 0.25) is 13.1 Å². The van der Waals surface area contributed by atoms with Gasteiger partial charge in [0.2, 0.25) is 0 Å². The summed E-state index contributed by atoms with van der Waals surface area (Å²) in [4.78, 5) is 10.9. The molecule has 0 saturated carbocycles. The number of benzene rings is 8. The van der Waals surface area contributed by atoms with Crippen molar-refractivity contribution in [2.24, 2.45) is 0 Å². The summed E-state index contributed by atoms with van der Waals surface area (Å²) in [5, 5.41) is 2.63. The molecule has 9 aromatic rings. The second-order valence-electron chi connectivity index (χ2n) is 15.4. The van der Waals surface area contributed by atoms with E-state index < -0.39 is 8.07 Å². The summed E-state index contributed by atoms with van der Waals surface area (Å²) < 4.78 is 0. The van der Waals surface area contributed by atoms with Crippen molar-refractivity contribution in [3.63, 3.8) is 0 Å². The Hall–Kier alpha value is -6.94. The minimum atomic E-state index is -2.08. The highest BCUT2D eigenvalue weighted by atomic mass is 28.3. The Morgan fingerprint density at radius 2 is 0.702 bits per heavy atom.